The van der Waals surface area contributed by atoms with Crippen molar-refractivity contribution in [2.45, 2.75) is 17.2 Å². The predicted octanol–water partition coefficient (Wildman–Crippen LogP) is 3.35. The molecule has 0 bridgehead atoms. The van der Waals surface area contributed by atoms with Gasteiger partial charge in [-0.3, -0.25) is 0 Å². The molecule has 20 heavy (non-hydrogen) atoms. The molecule has 0 fully saturated rings. The van der Waals surface area contributed by atoms with Gasteiger partial charge in [0.15, 0.2) is 0 Å². The molecule has 3 nitrogen and oxygen atoms in total. The molecule has 2 aromatic heterocycles. The summed E-state index contributed by atoms with van der Waals surface area (Å²) < 4.78 is 2.06. The maximum atomic E-state index is 4.61. The van der Waals surface area contributed by atoms with Crippen LogP contribution in [0.4, 0.5) is 0 Å². The van der Waals surface area contributed by atoms with Crippen LogP contribution in [-0.4, -0.2) is 16.4 Å². The third-order valence-corrected chi connectivity index (χ3v) is 4.15. The van der Waals surface area contributed by atoms with Crippen molar-refractivity contribution in [1.29, 1.82) is 0 Å². The van der Waals surface area contributed by atoms with Crippen LogP contribution in [0.1, 0.15) is 11.3 Å². The van der Waals surface area contributed by atoms with E-state index in [4.69, 9.17) is 0 Å². The predicted molar refractivity (Wildman–Crippen MR) is 84.0 cm³/mol. The van der Waals surface area contributed by atoms with Crippen LogP contribution in [0.5, 0.6) is 0 Å². The molecule has 3 rings (SSSR count). The number of thioether (sulfide) groups is 1. The SMILES string of the molecule is CNCc1ccc(SCc2cn3ccccc3n2)cc1. The van der Waals surface area contributed by atoms with Crippen molar-refractivity contribution in [3.63, 3.8) is 0 Å². The van der Waals surface area contributed by atoms with Gasteiger partial charge in [0.05, 0.1) is 5.69 Å². The van der Waals surface area contributed by atoms with Gasteiger partial charge in [0, 0.05) is 29.6 Å². The second kappa shape index (κ2) is 6.11. The number of fused-ring (bicyclic) bond motifs is 1. The third kappa shape index (κ3) is 3.03. The van der Waals surface area contributed by atoms with E-state index in [2.05, 4.69) is 45.2 Å². The van der Waals surface area contributed by atoms with E-state index in [1.54, 1.807) is 0 Å². The summed E-state index contributed by atoms with van der Waals surface area (Å²) in [5.41, 5.74) is 3.43. The van der Waals surface area contributed by atoms with Gasteiger partial charge in [0.2, 0.25) is 0 Å². The Kier molecular flexibility index (Phi) is 4.04. The first-order valence-corrected chi connectivity index (χ1v) is 7.62. The molecule has 0 spiro atoms. The molecule has 2 heterocycles. The number of aromatic nitrogens is 2. The molecular weight excluding hydrogens is 266 g/mol. The van der Waals surface area contributed by atoms with E-state index in [0.29, 0.717) is 0 Å². The summed E-state index contributed by atoms with van der Waals surface area (Å²) in [6, 6.07) is 14.7. The van der Waals surface area contributed by atoms with Crippen molar-refractivity contribution >= 4 is 17.4 Å². The highest BCUT2D eigenvalue weighted by Gasteiger charge is 2.02. The van der Waals surface area contributed by atoms with Gasteiger partial charge < -0.3 is 9.72 Å². The zero-order valence-electron chi connectivity index (χ0n) is 11.4. The van der Waals surface area contributed by atoms with E-state index in [1.165, 1.54) is 10.5 Å². The summed E-state index contributed by atoms with van der Waals surface area (Å²) in [6.07, 6.45) is 4.13. The van der Waals surface area contributed by atoms with Gasteiger partial charge in [-0.05, 0) is 36.9 Å². The van der Waals surface area contributed by atoms with Gasteiger partial charge in [0.25, 0.3) is 0 Å². The normalized spacial score (nSPS) is 11.1. The van der Waals surface area contributed by atoms with Crippen LogP contribution in [-0.2, 0) is 12.3 Å². The Balaban J connectivity index is 1.66. The number of nitrogens with zero attached hydrogens (tertiary/aromatic N) is 2. The number of hydrogen-bond donors (Lipinski definition) is 1. The van der Waals surface area contributed by atoms with Gasteiger partial charge in [-0.1, -0.05) is 18.2 Å². The third-order valence-electron chi connectivity index (χ3n) is 3.10. The molecule has 1 N–H and O–H groups in total. The van der Waals surface area contributed by atoms with Crippen molar-refractivity contribution in [3.05, 3.63) is 66.1 Å². The van der Waals surface area contributed by atoms with E-state index in [-0.39, 0.29) is 0 Å². The van der Waals surface area contributed by atoms with Gasteiger partial charge in [0.1, 0.15) is 5.65 Å². The van der Waals surface area contributed by atoms with Gasteiger partial charge in [-0.2, -0.15) is 0 Å². The quantitative estimate of drug-likeness (QED) is 0.728. The monoisotopic (exact) mass is 283 g/mol. The molecule has 0 amide bonds. The number of hydrogen-bond acceptors (Lipinski definition) is 3. The molecule has 4 heteroatoms. The molecule has 0 saturated heterocycles. The number of rotatable bonds is 5. The average Bonchev–Trinajstić information content (AvgIpc) is 2.90. The highest BCUT2D eigenvalue weighted by Crippen LogP contribution is 2.22. The Labute approximate surface area is 123 Å². The Morgan fingerprint density at radius 1 is 1.15 bits per heavy atom. The minimum atomic E-state index is 0.896. The lowest BCUT2D eigenvalue weighted by Crippen LogP contribution is -2.04. The lowest BCUT2D eigenvalue weighted by atomic mass is 10.2. The van der Waals surface area contributed by atoms with E-state index in [9.17, 15) is 0 Å². The van der Waals surface area contributed by atoms with Gasteiger partial charge >= 0.3 is 0 Å². The first-order chi connectivity index (χ1) is 9.85. The van der Waals surface area contributed by atoms with Crippen molar-refractivity contribution in [3.8, 4) is 0 Å². The Hall–Kier alpha value is -1.78. The highest BCUT2D eigenvalue weighted by molar-refractivity contribution is 7.98. The van der Waals surface area contributed by atoms with E-state index >= 15 is 0 Å². The zero-order valence-corrected chi connectivity index (χ0v) is 12.2. The van der Waals surface area contributed by atoms with Crippen LogP contribution >= 0.6 is 11.8 Å². The first-order valence-electron chi connectivity index (χ1n) is 6.64. The molecule has 102 valence electrons. The van der Waals surface area contributed by atoms with Crippen molar-refractivity contribution in [2.75, 3.05) is 7.05 Å². The van der Waals surface area contributed by atoms with Crippen LogP contribution < -0.4 is 5.32 Å². The summed E-state index contributed by atoms with van der Waals surface area (Å²) >= 11 is 1.82. The highest BCUT2D eigenvalue weighted by atomic mass is 32.2. The Morgan fingerprint density at radius 3 is 2.75 bits per heavy atom. The minimum Gasteiger partial charge on any atom is -0.316 e. The van der Waals surface area contributed by atoms with Crippen LogP contribution in [0.3, 0.4) is 0 Å². The zero-order chi connectivity index (χ0) is 13.8. The second-order valence-electron chi connectivity index (χ2n) is 4.66. The minimum absolute atomic E-state index is 0.896. The molecule has 0 aliphatic carbocycles. The molecule has 0 saturated carbocycles. The first kappa shape index (κ1) is 13.2. The van der Waals surface area contributed by atoms with Crippen LogP contribution in [0.2, 0.25) is 0 Å². The number of pyridine rings is 1. The van der Waals surface area contributed by atoms with E-state index < -0.39 is 0 Å². The molecular formula is C16H17N3S. The van der Waals surface area contributed by atoms with Crippen molar-refractivity contribution in [1.82, 2.24) is 14.7 Å². The molecule has 0 radical (unpaired) electrons. The lowest BCUT2D eigenvalue weighted by Gasteiger charge is -2.02. The molecule has 0 unspecified atom stereocenters. The van der Waals surface area contributed by atoms with E-state index in [0.717, 1.165) is 23.6 Å². The van der Waals surface area contributed by atoms with Crippen LogP contribution in [0.15, 0.2) is 59.8 Å². The summed E-state index contributed by atoms with van der Waals surface area (Å²) in [6.45, 7) is 0.914. The fourth-order valence-electron chi connectivity index (χ4n) is 2.12. The maximum absolute atomic E-state index is 4.61. The fraction of sp³-hybridized carbons (Fsp3) is 0.188. The Morgan fingerprint density at radius 2 is 2.00 bits per heavy atom. The van der Waals surface area contributed by atoms with Gasteiger partial charge in [-0.15, -0.1) is 11.8 Å². The van der Waals surface area contributed by atoms with Crippen LogP contribution in [0, 0.1) is 0 Å². The largest absolute Gasteiger partial charge is 0.316 e. The summed E-state index contributed by atoms with van der Waals surface area (Å²) in [4.78, 5) is 5.89. The Bertz CT molecular complexity index is 655. The summed E-state index contributed by atoms with van der Waals surface area (Å²) in [7, 11) is 1.96. The van der Waals surface area contributed by atoms with Gasteiger partial charge in [-0.25, -0.2) is 4.98 Å². The lowest BCUT2D eigenvalue weighted by molar-refractivity contribution is 0.817. The molecule has 3 aromatic rings. The van der Waals surface area contributed by atoms with Crippen molar-refractivity contribution in [2.24, 2.45) is 0 Å². The summed E-state index contributed by atoms with van der Waals surface area (Å²) in [5, 5.41) is 3.16. The number of nitrogens with one attached hydrogen (secondary N) is 1. The second-order valence-corrected chi connectivity index (χ2v) is 5.71. The standard InChI is InChI=1S/C16H17N3S/c1-17-10-13-5-7-15(8-6-13)20-12-14-11-19-9-3-2-4-16(19)18-14/h2-9,11,17H,10,12H2,1H3. The van der Waals surface area contributed by atoms with Crippen molar-refractivity contribution < 1.29 is 0 Å². The fourth-order valence-corrected chi connectivity index (χ4v) is 2.90. The maximum Gasteiger partial charge on any atom is 0.137 e. The average molecular weight is 283 g/mol. The smallest absolute Gasteiger partial charge is 0.137 e. The number of benzene rings is 1. The van der Waals surface area contributed by atoms with Crippen LogP contribution in [0.25, 0.3) is 5.65 Å². The molecule has 1 aromatic carbocycles. The molecule has 0 aliphatic rings. The number of imidazole rings is 1. The summed E-state index contributed by atoms with van der Waals surface area (Å²) in [5.74, 6) is 0.896. The van der Waals surface area contributed by atoms with E-state index in [1.807, 2.05) is 43.2 Å². The topological polar surface area (TPSA) is 29.3 Å². The molecule has 0 aliphatic heterocycles. The molecule has 0 atom stereocenters.